The molecule has 0 spiro atoms. The highest BCUT2D eigenvalue weighted by Gasteiger charge is 2.29. The van der Waals surface area contributed by atoms with E-state index in [2.05, 4.69) is 20.0 Å². The molecule has 2 aromatic carbocycles. The smallest absolute Gasteiger partial charge is 0.410 e. The number of nitrogens with one attached hydrogen (secondary N) is 1. The number of aromatic nitrogens is 2. The molecular formula is C27H30ClF2N5O5. The molecule has 3 aromatic rings. The van der Waals surface area contributed by atoms with E-state index in [1.165, 1.54) is 25.3 Å². The molecule has 0 bridgehead atoms. The van der Waals surface area contributed by atoms with Gasteiger partial charge in [-0.3, -0.25) is 4.79 Å². The first-order chi connectivity index (χ1) is 18.9. The fraction of sp³-hybridized carbons (Fsp3) is 0.407. The number of fused-ring (bicyclic) bond motifs is 1. The van der Waals surface area contributed by atoms with Crippen LogP contribution in [-0.4, -0.2) is 77.5 Å². The molecule has 1 amide bonds. The number of anilines is 2. The number of nitrogens with zero attached hydrogens (tertiary/aromatic N) is 4. The van der Waals surface area contributed by atoms with Gasteiger partial charge in [0, 0.05) is 43.7 Å². The highest BCUT2D eigenvalue weighted by Crippen LogP contribution is 2.42. The van der Waals surface area contributed by atoms with Crippen LogP contribution >= 0.6 is 11.6 Å². The molecule has 40 heavy (non-hydrogen) atoms. The number of hydrogen-bond acceptors (Lipinski definition) is 9. The Labute approximate surface area is 234 Å². The summed E-state index contributed by atoms with van der Waals surface area (Å²) in [4.78, 5) is 36.4. The molecule has 1 aliphatic rings. The third kappa shape index (κ3) is 6.27. The number of carbonyl (C=O) groups excluding carboxylic acids is 2. The number of benzene rings is 2. The highest BCUT2D eigenvalue weighted by atomic mass is 35.5. The van der Waals surface area contributed by atoms with Crippen molar-refractivity contribution in [2.75, 3.05) is 50.1 Å². The number of methoxy groups -OCH3 is 1. The third-order valence-electron chi connectivity index (χ3n) is 6.18. The molecule has 1 saturated heterocycles. The Kier molecular flexibility index (Phi) is 8.48. The van der Waals surface area contributed by atoms with Crippen molar-refractivity contribution < 1.29 is 33.0 Å². The summed E-state index contributed by atoms with van der Waals surface area (Å²) in [6, 6.07) is 5.04. The first-order valence-corrected chi connectivity index (χ1v) is 13.0. The predicted molar refractivity (Wildman–Crippen MR) is 147 cm³/mol. The zero-order valence-corrected chi connectivity index (χ0v) is 23.3. The van der Waals surface area contributed by atoms with Crippen LogP contribution < -0.4 is 10.2 Å². The van der Waals surface area contributed by atoms with Crippen LogP contribution in [0.3, 0.4) is 0 Å². The number of piperazine rings is 1. The summed E-state index contributed by atoms with van der Waals surface area (Å²) < 4.78 is 40.9. The zero-order chi connectivity index (χ0) is 29.2. The number of phenolic OH excluding ortho intramolecular Hbond substituents is 1. The van der Waals surface area contributed by atoms with E-state index in [0.717, 1.165) is 6.07 Å². The predicted octanol–water partition coefficient (Wildman–Crippen LogP) is 4.97. The van der Waals surface area contributed by atoms with Crippen LogP contribution in [0.4, 0.5) is 25.3 Å². The monoisotopic (exact) mass is 577 g/mol. The minimum absolute atomic E-state index is 0.0131. The Morgan fingerprint density at radius 2 is 1.82 bits per heavy atom. The van der Waals surface area contributed by atoms with Crippen molar-refractivity contribution in [3.63, 3.8) is 0 Å². The van der Waals surface area contributed by atoms with Crippen molar-refractivity contribution in [1.82, 2.24) is 14.9 Å². The van der Waals surface area contributed by atoms with E-state index in [-0.39, 0.29) is 40.4 Å². The normalized spacial score (nSPS) is 13.9. The summed E-state index contributed by atoms with van der Waals surface area (Å²) in [5, 5.41) is 13.3. The number of halogens is 3. The maximum atomic E-state index is 16.1. The zero-order valence-electron chi connectivity index (χ0n) is 22.6. The number of esters is 1. The van der Waals surface area contributed by atoms with Gasteiger partial charge in [-0.25, -0.2) is 18.6 Å². The molecule has 4 rings (SSSR count). The van der Waals surface area contributed by atoms with E-state index in [1.807, 2.05) is 4.90 Å². The topological polar surface area (TPSA) is 117 Å². The minimum Gasteiger partial charge on any atom is -0.507 e. The molecule has 1 aromatic heterocycles. The van der Waals surface area contributed by atoms with Gasteiger partial charge in [-0.1, -0.05) is 17.7 Å². The van der Waals surface area contributed by atoms with E-state index in [1.54, 1.807) is 25.7 Å². The number of rotatable bonds is 6. The number of hydrogen-bond donors (Lipinski definition) is 2. The van der Waals surface area contributed by atoms with Crippen molar-refractivity contribution in [2.24, 2.45) is 0 Å². The summed E-state index contributed by atoms with van der Waals surface area (Å²) in [5.41, 5.74) is -1.54. The van der Waals surface area contributed by atoms with Crippen molar-refractivity contribution in [2.45, 2.75) is 32.8 Å². The number of phenols is 1. The van der Waals surface area contributed by atoms with Gasteiger partial charge in [0.05, 0.1) is 24.1 Å². The minimum atomic E-state index is -0.949. The molecule has 13 heteroatoms. The maximum Gasteiger partial charge on any atom is 0.410 e. The standard InChI is InChI=1S/C27H30ClF2N5O5/c1-27(2,3)40-26(38)35-12-10-34(11-13-35)24-15-14-16(28)20(21-17(29)6-5-7-18(21)36)22(30)23(15)32-25(33-24)31-9-8-19(37)39-4/h5-7,14,36H,8-13H2,1-4H3,(H,31,32,33). The molecule has 10 nitrogen and oxygen atoms in total. The SMILES string of the molecule is COC(=O)CCNc1nc(N2CCN(C(=O)OC(C)(C)C)CC2)c2cc(Cl)c(-c3c(O)cccc3F)c(F)c2n1. The van der Waals surface area contributed by atoms with Gasteiger partial charge in [-0.2, -0.15) is 4.98 Å². The first-order valence-electron chi connectivity index (χ1n) is 12.6. The molecule has 214 valence electrons. The van der Waals surface area contributed by atoms with Crippen molar-refractivity contribution in [1.29, 1.82) is 0 Å². The Hall–Kier alpha value is -3.93. The quantitative estimate of drug-likeness (QED) is 0.392. The molecule has 0 radical (unpaired) electrons. The van der Waals surface area contributed by atoms with Crippen LogP contribution in [0.2, 0.25) is 5.02 Å². The van der Waals surface area contributed by atoms with Gasteiger partial charge in [0.15, 0.2) is 5.82 Å². The number of amides is 1. The first kappa shape index (κ1) is 29.1. The Morgan fingerprint density at radius 3 is 2.45 bits per heavy atom. The lowest BCUT2D eigenvalue weighted by Gasteiger charge is -2.36. The van der Waals surface area contributed by atoms with Gasteiger partial charge < -0.3 is 29.7 Å². The lowest BCUT2D eigenvalue weighted by Crippen LogP contribution is -2.50. The Morgan fingerprint density at radius 1 is 1.12 bits per heavy atom. The lowest BCUT2D eigenvalue weighted by atomic mass is 10.0. The van der Waals surface area contributed by atoms with Crippen molar-refractivity contribution in [3.05, 3.63) is 40.9 Å². The second-order valence-electron chi connectivity index (χ2n) is 10.2. The van der Waals surface area contributed by atoms with E-state index in [9.17, 15) is 19.1 Å². The second kappa shape index (κ2) is 11.7. The lowest BCUT2D eigenvalue weighted by molar-refractivity contribution is -0.140. The highest BCUT2D eigenvalue weighted by molar-refractivity contribution is 6.34. The summed E-state index contributed by atoms with van der Waals surface area (Å²) in [6.07, 6.45) is -0.424. The van der Waals surface area contributed by atoms with Gasteiger partial charge in [-0.15, -0.1) is 0 Å². The van der Waals surface area contributed by atoms with E-state index in [4.69, 9.17) is 16.3 Å². The fourth-order valence-electron chi connectivity index (χ4n) is 4.30. The summed E-state index contributed by atoms with van der Waals surface area (Å²) >= 11 is 6.47. The molecule has 1 fully saturated rings. The molecule has 0 aliphatic carbocycles. The van der Waals surface area contributed by atoms with Crippen LogP contribution in [0.5, 0.6) is 5.75 Å². The van der Waals surface area contributed by atoms with Gasteiger partial charge in [0.1, 0.15) is 28.5 Å². The van der Waals surface area contributed by atoms with Crippen LogP contribution in [0.25, 0.3) is 22.0 Å². The largest absolute Gasteiger partial charge is 0.507 e. The van der Waals surface area contributed by atoms with E-state index in [0.29, 0.717) is 32.0 Å². The third-order valence-corrected chi connectivity index (χ3v) is 6.47. The van der Waals surface area contributed by atoms with Crippen LogP contribution in [-0.2, 0) is 14.3 Å². The molecule has 2 heterocycles. The van der Waals surface area contributed by atoms with Crippen LogP contribution in [0.15, 0.2) is 24.3 Å². The molecule has 0 atom stereocenters. The second-order valence-corrected chi connectivity index (χ2v) is 10.6. The van der Waals surface area contributed by atoms with Crippen molar-refractivity contribution >= 4 is 46.3 Å². The van der Waals surface area contributed by atoms with Gasteiger partial charge >= 0.3 is 12.1 Å². The number of carbonyl (C=O) groups is 2. The van der Waals surface area contributed by atoms with Crippen molar-refractivity contribution in [3.8, 4) is 16.9 Å². The summed E-state index contributed by atoms with van der Waals surface area (Å²) in [6.45, 7) is 6.82. The summed E-state index contributed by atoms with van der Waals surface area (Å²) in [7, 11) is 1.27. The Bertz CT molecular complexity index is 1420. The molecular weight excluding hydrogens is 548 g/mol. The fourth-order valence-corrected chi connectivity index (χ4v) is 4.58. The maximum absolute atomic E-state index is 16.1. The average Bonchev–Trinajstić information content (AvgIpc) is 2.89. The van der Waals surface area contributed by atoms with Gasteiger partial charge in [0.25, 0.3) is 0 Å². The van der Waals surface area contributed by atoms with Crippen LogP contribution in [0, 0.1) is 11.6 Å². The van der Waals surface area contributed by atoms with E-state index < -0.39 is 40.6 Å². The molecule has 2 N–H and O–H groups in total. The summed E-state index contributed by atoms with van der Waals surface area (Å²) in [5.74, 6) is -2.39. The average molecular weight is 578 g/mol. The van der Waals surface area contributed by atoms with Crippen LogP contribution in [0.1, 0.15) is 27.2 Å². The number of ether oxygens (including phenoxy) is 2. The molecule has 0 unspecified atom stereocenters. The van der Waals surface area contributed by atoms with Gasteiger partial charge in [-0.05, 0) is 39.0 Å². The Balaban J connectivity index is 1.75. The molecule has 1 aliphatic heterocycles. The number of aromatic hydroxyl groups is 1. The molecule has 0 saturated carbocycles. The van der Waals surface area contributed by atoms with E-state index >= 15 is 4.39 Å². The van der Waals surface area contributed by atoms with Gasteiger partial charge in [0.2, 0.25) is 5.95 Å².